The molecule has 4 atom stereocenters. The molecular weight excluding hydrogens is 248 g/mol. The Morgan fingerprint density at radius 1 is 0.929 bits per heavy atom. The Kier molecular flexibility index (Phi) is 5.81. The number of aliphatic hydroxyl groups excluding tert-OH is 2. The molecule has 0 radical (unpaired) electrons. The lowest BCUT2D eigenvalue weighted by Crippen LogP contribution is -2.37. The first-order valence-corrected chi connectivity index (χ1v) is 8.97. The zero-order valence-electron chi connectivity index (χ0n) is 9.87. The monoisotopic (exact) mass is 270 g/mol. The van der Waals surface area contributed by atoms with Crippen molar-refractivity contribution in [2.75, 3.05) is 0 Å². The minimum Gasteiger partial charge on any atom is -0.392 e. The summed E-state index contributed by atoms with van der Waals surface area (Å²) in [4.78, 5) is 0. The second kappa shape index (κ2) is 5.40. The first kappa shape index (κ1) is 15.1. The molecule has 4 unspecified atom stereocenters. The number of aliphatic hydroxyl groups is 2. The van der Waals surface area contributed by atoms with Gasteiger partial charge in [0.05, 0.1) is 12.2 Å². The van der Waals surface area contributed by atoms with E-state index in [1.54, 1.807) is 21.6 Å². The topological polar surface area (TPSA) is 40.5 Å². The Hall–Kier alpha value is 1.05. The van der Waals surface area contributed by atoms with Crippen LogP contribution in [0, 0.1) is 0 Å². The van der Waals surface area contributed by atoms with Gasteiger partial charge in [-0.2, -0.15) is 0 Å². The molecule has 0 aromatic carbocycles. The third-order valence-corrected chi connectivity index (χ3v) is 11.6. The summed E-state index contributed by atoms with van der Waals surface area (Å²) in [5.41, 5.74) is 0. The van der Waals surface area contributed by atoms with E-state index in [0.717, 1.165) is 20.5 Å². The van der Waals surface area contributed by atoms with Crippen LogP contribution in [0.3, 0.4) is 0 Å². The standard InChI is InChI=1S/C8H22O2S2Si2/c1-5(9)7(3,13)11-12-8(4,14)6(2)10/h5-6,9-10H,1-4,13-14H3. The van der Waals surface area contributed by atoms with E-state index in [0.29, 0.717) is 0 Å². The highest BCUT2D eigenvalue weighted by Gasteiger charge is 2.31. The Balaban J connectivity index is 4.18. The van der Waals surface area contributed by atoms with Crippen molar-refractivity contribution in [3.05, 3.63) is 0 Å². The van der Waals surface area contributed by atoms with Gasteiger partial charge in [0, 0.05) is 29.2 Å². The SMILES string of the molecule is CC(O)C(C)([SiH3])SSC(C)([SiH3])C(C)O. The van der Waals surface area contributed by atoms with E-state index in [2.05, 4.69) is 13.8 Å². The summed E-state index contributed by atoms with van der Waals surface area (Å²) in [5, 5.41) is 19.1. The highest BCUT2D eigenvalue weighted by atomic mass is 33.1. The quantitative estimate of drug-likeness (QED) is 0.512. The highest BCUT2D eigenvalue weighted by molar-refractivity contribution is 8.78. The molecule has 0 aliphatic rings. The van der Waals surface area contributed by atoms with Crippen molar-refractivity contribution in [2.45, 2.75) is 48.6 Å². The maximum atomic E-state index is 9.56. The molecule has 0 bridgehead atoms. The average molecular weight is 271 g/mol. The van der Waals surface area contributed by atoms with E-state index in [4.69, 9.17) is 0 Å². The predicted octanol–water partition coefficient (Wildman–Crippen LogP) is -0.707. The summed E-state index contributed by atoms with van der Waals surface area (Å²) in [5.74, 6) is 0. The molecule has 0 aromatic heterocycles. The van der Waals surface area contributed by atoms with Crippen LogP contribution >= 0.6 is 21.6 Å². The van der Waals surface area contributed by atoms with Gasteiger partial charge in [-0.1, -0.05) is 35.4 Å². The van der Waals surface area contributed by atoms with Gasteiger partial charge in [0.15, 0.2) is 0 Å². The van der Waals surface area contributed by atoms with E-state index in [1.165, 1.54) is 0 Å². The minimum atomic E-state index is -0.280. The van der Waals surface area contributed by atoms with Crippen molar-refractivity contribution < 1.29 is 10.2 Å². The van der Waals surface area contributed by atoms with E-state index < -0.39 is 0 Å². The minimum absolute atomic E-state index is 0.0226. The van der Waals surface area contributed by atoms with Gasteiger partial charge in [-0.3, -0.25) is 0 Å². The van der Waals surface area contributed by atoms with Gasteiger partial charge in [0.25, 0.3) is 0 Å². The molecule has 0 fully saturated rings. The number of rotatable bonds is 5. The van der Waals surface area contributed by atoms with Gasteiger partial charge in [-0.25, -0.2) is 0 Å². The van der Waals surface area contributed by atoms with Gasteiger partial charge in [0.2, 0.25) is 0 Å². The molecule has 0 heterocycles. The Bertz CT molecular complexity index is 164. The normalized spacial score (nSPS) is 25.3. The average Bonchev–Trinajstić information content (AvgIpc) is 2.01. The van der Waals surface area contributed by atoms with Crippen LogP contribution in [0.5, 0.6) is 0 Å². The molecule has 86 valence electrons. The molecule has 2 N–H and O–H groups in total. The molecule has 0 rings (SSSR count). The van der Waals surface area contributed by atoms with E-state index >= 15 is 0 Å². The lowest BCUT2D eigenvalue weighted by atomic mass is 10.3. The van der Waals surface area contributed by atoms with Crippen LogP contribution in [0.2, 0.25) is 0 Å². The second-order valence-corrected chi connectivity index (χ2v) is 13.8. The summed E-state index contributed by atoms with van der Waals surface area (Å²) in [6.07, 6.45) is -0.559. The molecule has 0 saturated carbocycles. The smallest absolute Gasteiger partial charge is 0.0628 e. The van der Waals surface area contributed by atoms with Gasteiger partial charge >= 0.3 is 0 Å². The van der Waals surface area contributed by atoms with Crippen LogP contribution in [0.1, 0.15) is 27.7 Å². The Labute approximate surface area is 101 Å². The summed E-state index contributed by atoms with van der Waals surface area (Å²) in [6.45, 7) is 7.85. The lowest BCUT2D eigenvalue weighted by Gasteiger charge is -2.33. The first-order valence-electron chi connectivity index (χ1n) is 4.82. The highest BCUT2D eigenvalue weighted by Crippen LogP contribution is 2.43. The fourth-order valence-corrected chi connectivity index (χ4v) is 4.69. The van der Waals surface area contributed by atoms with Crippen LogP contribution < -0.4 is 0 Å². The maximum Gasteiger partial charge on any atom is 0.0628 e. The summed E-state index contributed by atoms with van der Waals surface area (Å²) < 4.78 is -0.0452. The van der Waals surface area contributed by atoms with E-state index in [9.17, 15) is 10.2 Å². The third kappa shape index (κ3) is 4.72. The van der Waals surface area contributed by atoms with Crippen LogP contribution in [-0.2, 0) is 0 Å². The first-order chi connectivity index (χ1) is 6.09. The van der Waals surface area contributed by atoms with E-state index in [1.807, 2.05) is 13.8 Å². The second-order valence-electron chi connectivity index (χ2n) is 4.73. The van der Waals surface area contributed by atoms with E-state index in [-0.39, 0.29) is 20.9 Å². The summed E-state index contributed by atoms with van der Waals surface area (Å²) >= 11 is 0. The fourth-order valence-electron chi connectivity index (χ4n) is 0.354. The molecule has 0 aliphatic carbocycles. The molecule has 14 heavy (non-hydrogen) atoms. The zero-order valence-corrected chi connectivity index (χ0v) is 15.5. The lowest BCUT2D eigenvalue weighted by molar-refractivity contribution is 0.182. The van der Waals surface area contributed by atoms with Crippen LogP contribution in [-0.4, -0.2) is 51.6 Å². The van der Waals surface area contributed by atoms with Gasteiger partial charge < -0.3 is 10.2 Å². The molecule has 2 nitrogen and oxygen atoms in total. The largest absolute Gasteiger partial charge is 0.392 e. The van der Waals surface area contributed by atoms with Crippen molar-refractivity contribution in [1.82, 2.24) is 0 Å². The van der Waals surface area contributed by atoms with Crippen LogP contribution in [0.15, 0.2) is 0 Å². The molecule has 0 aromatic rings. The number of hydrogen-bond acceptors (Lipinski definition) is 4. The van der Waals surface area contributed by atoms with Crippen molar-refractivity contribution >= 4 is 42.1 Å². The Morgan fingerprint density at radius 3 is 1.29 bits per heavy atom. The number of hydrogen-bond donors (Lipinski definition) is 2. The van der Waals surface area contributed by atoms with Crippen molar-refractivity contribution in [1.29, 1.82) is 0 Å². The maximum absolute atomic E-state index is 9.56. The van der Waals surface area contributed by atoms with Gasteiger partial charge in [-0.05, 0) is 13.8 Å². The van der Waals surface area contributed by atoms with Crippen LogP contribution in [0.4, 0.5) is 0 Å². The third-order valence-electron chi connectivity index (χ3n) is 2.48. The molecule has 0 aliphatic heterocycles. The van der Waals surface area contributed by atoms with Gasteiger partial charge in [-0.15, -0.1) is 0 Å². The van der Waals surface area contributed by atoms with Gasteiger partial charge in [0.1, 0.15) is 0 Å². The summed E-state index contributed by atoms with van der Waals surface area (Å²) in [6, 6.07) is 0. The van der Waals surface area contributed by atoms with Crippen LogP contribution in [0.25, 0.3) is 0 Å². The van der Waals surface area contributed by atoms with Crippen molar-refractivity contribution in [3.8, 4) is 0 Å². The zero-order chi connectivity index (χ0) is 11.6. The molecular formula is C8H22O2S2Si2. The molecule has 6 heteroatoms. The van der Waals surface area contributed by atoms with Crippen molar-refractivity contribution in [3.63, 3.8) is 0 Å². The molecule has 0 spiro atoms. The predicted molar refractivity (Wildman–Crippen MR) is 75.2 cm³/mol. The molecule has 0 amide bonds. The Morgan fingerprint density at radius 2 is 1.14 bits per heavy atom. The fraction of sp³-hybridized carbons (Fsp3) is 1.00. The molecule has 0 saturated heterocycles. The van der Waals surface area contributed by atoms with Crippen molar-refractivity contribution in [2.24, 2.45) is 0 Å². The summed E-state index contributed by atoms with van der Waals surface area (Å²) in [7, 11) is 5.35.